The van der Waals surface area contributed by atoms with Crippen LogP contribution in [0.3, 0.4) is 0 Å². The molecule has 8 nitrogen and oxygen atoms in total. The second-order valence-corrected chi connectivity index (χ2v) is 4.91. The zero-order valence-electron chi connectivity index (χ0n) is 13.2. The Morgan fingerprint density at radius 3 is 2.75 bits per heavy atom. The highest BCUT2D eigenvalue weighted by Gasteiger charge is 2.37. The van der Waals surface area contributed by atoms with Crippen LogP contribution in [0.15, 0.2) is 15.8 Å². The third-order valence-electron chi connectivity index (χ3n) is 3.35. The average Bonchev–Trinajstić information content (AvgIpc) is 2.96. The van der Waals surface area contributed by atoms with Crippen LogP contribution in [0.25, 0.3) is 0 Å². The Morgan fingerprint density at radius 1 is 1.50 bits per heavy atom. The molecule has 0 aromatic carbocycles. The van der Waals surface area contributed by atoms with Crippen molar-refractivity contribution in [1.82, 2.24) is 9.55 Å². The van der Waals surface area contributed by atoms with E-state index in [1.165, 1.54) is 10.8 Å². The van der Waals surface area contributed by atoms with E-state index in [1.54, 1.807) is 6.92 Å². The van der Waals surface area contributed by atoms with Crippen molar-refractivity contribution in [1.29, 1.82) is 0 Å². The molecule has 24 heavy (non-hydrogen) atoms. The standard InChI is InChI=1S/C14H18N2O5.CH4O.CH4/c1-3-4-5-20-11-6-10(8-17)21-13(11)16-7-9(2)12(18)15-14(16)19;1-2;/h1,7,10-11,13,17H,4-6,8H2,2H3,(H,15,18,19);2H,1H3;1H4/t10-,11?,13+;;/m0../s1. The van der Waals surface area contributed by atoms with Crippen molar-refractivity contribution < 1.29 is 19.7 Å². The first-order valence-electron chi connectivity index (χ1n) is 7.15. The molecule has 1 aliphatic rings. The minimum absolute atomic E-state index is 0. The lowest BCUT2D eigenvalue weighted by atomic mass is 10.2. The van der Waals surface area contributed by atoms with Crippen LogP contribution >= 0.6 is 0 Å². The van der Waals surface area contributed by atoms with Gasteiger partial charge in [0.25, 0.3) is 5.56 Å². The number of aliphatic hydroxyl groups excluding tert-OH is 2. The number of aliphatic hydroxyl groups is 2. The summed E-state index contributed by atoms with van der Waals surface area (Å²) in [7, 11) is 1.00. The Kier molecular flexibility index (Phi) is 9.92. The highest BCUT2D eigenvalue weighted by Crippen LogP contribution is 2.30. The van der Waals surface area contributed by atoms with Crippen molar-refractivity contribution in [2.24, 2.45) is 0 Å². The molecule has 0 amide bonds. The van der Waals surface area contributed by atoms with Crippen LogP contribution in [-0.4, -0.2) is 52.3 Å². The molecule has 0 radical (unpaired) electrons. The highest BCUT2D eigenvalue weighted by molar-refractivity contribution is 5.02. The Labute approximate surface area is 141 Å². The molecule has 1 aromatic rings. The molecular weight excluding hydrogens is 316 g/mol. The summed E-state index contributed by atoms with van der Waals surface area (Å²) in [5, 5.41) is 16.2. The van der Waals surface area contributed by atoms with Gasteiger partial charge in [0.05, 0.1) is 19.3 Å². The smallest absolute Gasteiger partial charge is 0.330 e. The van der Waals surface area contributed by atoms with Crippen LogP contribution in [0, 0.1) is 19.3 Å². The zero-order chi connectivity index (χ0) is 17.4. The Balaban J connectivity index is 0.00000170. The SMILES string of the molecule is C.C#CCCOC1C[C@@H](CO)O[C@H]1n1cc(C)c(=O)[nH]c1=O.CO. The largest absolute Gasteiger partial charge is 0.400 e. The summed E-state index contributed by atoms with van der Waals surface area (Å²) in [6.07, 6.45) is 6.01. The third-order valence-corrected chi connectivity index (χ3v) is 3.35. The fourth-order valence-electron chi connectivity index (χ4n) is 2.27. The summed E-state index contributed by atoms with van der Waals surface area (Å²) in [5.41, 5.74) is -0.606. The Bertz CT molecular complexity index is 645. The number of aromatic nitrogens is 2. The van der Waals surface area contributed by atoms with Crippen molar-refractivity contribution in [2.45, 2.75) is 45.6 Å². The fraction of sp³-hybridized carbons (Fsp3) is 0.625. The van der Waals surface area contributed by atoms with Crippen molar-refractivity contribution in [3.8, 4) is 12.3 Å². The number of terminal acetylenes is 1. The summed E-state index contributed by atoms with van der Waals surface area (Å²) in [6.45, 7) is 1.78. The van der Waals surface area contributed by atoms with E-state index in [0.29, 0.717) is 25.0 Å². The first-order chi connectivity index (χ1) is 11.1. The fourth-order valence-corrected chi connectivity index (χ4v) is 2.27. The molecule has 0 spiro atoms. The van der Waals surface area contributed by atoms with E-state index >= 15 is 0 Å². The second-order valence-electron chi connectivity index (χ2n) is 4.91. The maximum atomic E-state index is 11.9. The molecule has 1 saturated heterocycles. The van der Waals surface area contributed by atoms with Gasteiger partial charge in [-0.3, -0.25) is 14.3 Å². The third kappa shape index (κ3) is 5.32. The number of ether oxygens (including phenoxy) is 2. The molecule has 2 heterocycles. The number of aromatic amines is 1. The Morgan fingerprint density at radius 2 is 2.17 bits per heavy atom. The molecule has 0 bridgehead atoms. The van der Waals surface area contributed by atoms with Crippen LogP contribution in [-0.2, 0) is 9.47 Å². The molecule has 3 N–H and O–H groups in total. The lowest BCUT2D eigenvalue weighted by molar-refractivity contribution is -0.0719. The number of H-pyrrole nitrogens is 1. The quantitative estimate of drug-likeness (QED) is 0.503. The average molecular weight is 342 g/mol. The molecule has 0 aliphatic carbocycles. The molecule has 1 aliphatic heterocycles. The van der Waals surface area contributed by atoms with Crippen molar-refractivity contribution in [2.75, 3.05) is 20.3 Å². The van der Waals surface area contributed by atoms with Crippen LogP contribution < -0.4 is 11.2 Å². The second kappa shape index (κ2) is 10.8. The van der Waals surface area contributed by atoms with Gasteiger partial charge >= 0.3 is 5.69 Å². The number of aryl methyl sites for hydroxylation is 1. The van der Waals surface area contributed by atoms with E-state index in [4.69, 9.17) is 21.0 Å². The summed E-state index contributed by atoms with van der Waals surface area (Å²) in [4.78, 5) is 25.6. The normalized spacial score (nSPS) is 22.0. The van der Waals surface area contributed by atoms with Crippen molar-refractivity contribution in [3.05, 3.63) is 32.6 Å². The zero-order valence-corrected chi connectivity index (χ0v) is 13.2. The molecule has 1 fully saturated rings. The van der Waals surface area contributed by atoms with Gasteiger partial charge in [-0.05, 0) is 6.92 Å². The van der Waals surface area contributed by atoms with Gasteiger partial charge in [-0.1, -0.05) is 7.43 Å². The van der Waals surface area contributed by atoms with Crippen LogP contribution in [0.5, 0.6) is 0 Å². The number of hydrogen-bond donors (Lipinski definition) is 3. The monoisotopic (exact) mass is 342 g/mol. The summed E-state index contributed by atoms with van der Waals surface area (Å²) < 4.78 is 12.6. The van der Waals surface area contributed by atoms with E-state index in [2.05, 4.69) is 10.9 Å². The van der Waals surface area contributed by atoms with Gasteiger partial charge in [0.1, 0.15) is 6.10 Å². The number of hydrogen-bond acceptors (Lipinski definition) is 6. The topological polar surface area (TPSA) is 114 Å². The molecule has 1 unspecified atom stereocenters. The van der Waals surface area contributed by atoms with E-state index in [0.717, 1.165) is 7.11 Å². The van der Waals surface area contributed by atoms with Gasteiger partial charge in [-0.2, -0.15) is 0 Å². The van der Waals surface area contributed by atoms with Gasteiger partial charge in [0.2, 0.25) is 0 Å². The first-order valence-corrected chi connectivity index (χ1v) is 7.15. The maximum Gasteiger partial charge on any atom is 0.330 e. The molecule has 3 atom stereocenters. The summed E-state index contributed by atoms with van der Waals surface area (Å²) in [6, 6.07) is 0. The van der Waals surface area contributed by atoms with Crippen molar-refractivity contribution >= 4 is 0 Å². The van der Waals surface area contributed by atoms with E-state index in [9.17, 15) is 14.7 Å². The molecule has 0 saturated carbocycles. The van der Waals surface area contributed by atoms with Crippen LogP contribution in [0.2, 0.25) is 0 Å². The van der Waals surface area contributed by atoms with Gasteiger partial charge in [0.15, 0.2) is 6.23 Å². The first kappa shape index (κ1) is 22.1. The van der Waals surface area contributed by atoms with Crippen LogP contribution in [0.1, 0.15) is 32.1 Å². The van der Waals surface area contributed by atoms with Gasteiger partial charge in [-0.25, -0.2) is 4.79 Å². The van der Waals surface area contributed by atoms with Crippen LogP contribution in [0.4, 0.5) is 0 Å². The van der Waals surface area contributed by atoms with E-state index in [1.807, 2.05) is 0 Å². The van der Waals surface area contributed by atoms with Gasteiger partial charge < -0.3 is 19.7 Å². The highest BCUT2D eigenvalue weighted by atomic mass is 16.6. The molecule has 2 rings (SSSR count). The molecule has 136 valence electrons. The van der Waals surface area contributed by atoms with Gasteiger partial charge in [0, 0.05) is 31.7 Å². The number of nitrogens with zero attached hydrogens (tertiary/aromatic N) is 1. The predicted octanol–water partition coefficient (Wildman–Crippen LogP) is -0.222. The molecule has 1 aromatic heterocycles. The summed E-state index contributed by atoms with van der Waals surface area (Å²) >= 11 is 0. The maximum absolute atomic E-state index is 11.9. The Hall–Kier alpha value is -1.92. The van der Waals surface area contributed by atoms with E-state index < -0.39 is 29.7 Å². The van der Waals surface area contributed by atoms with Gasteiger partial charge in [-0.15, -0.1) is 12.3 Å². The number of rotatable bonds is 5. The van der Waals surface area contributed by atoms with Crippen molar-refractivity contribution in [3.63, 3.8) is 0 Å². The molecule has 8 heteroatoms. The minimum atomic E-state index is -0.692. The molecular formula is C16H26N2O6. The predicted molar refractivity (Wildman–Crippen MR) is 89.7 cm³/mol. The summed E-state index contributed by atoms with van der Waals surface area (Å²) in [5.74, 6) is 2.47. The minimum Gasteiger partial charge on any atom is -0.400 e. The number of nitrogens with one attached hydrogen (secondary N) is 1. The lowest BCUT2D eigenvalue weighted by Crippen LogP contribution is -2.37. The van der Waals surface area contributed by atoms with E-state index in [-0.39, 0.29) is 14.0 Å². The lowest BCUT2D eigenvalue weighted by Gasteiger charge is -2.21.